The Bertz CT molecular complexity index is 783. The van der Waals surface area contributed by atoms with Gasteiger partial charge in [-0.25, -0.2) is 22.2 Å². The monoisotopic (exact) mass is 295 g/mol. The van der Waals surface area contributed by atoms with E-state index >= 15 is 0 Å². The van der Waals surface area contributed by atoms with Gasteiger partial charge in [-0.1, -0.05) is 0 Å². The third kappa shape index (κ3) is 2.89. The van der Waals surface area contributed by atoms with Crippen molar-refractivity contribution < 1.29 is 17.2 Å². The summed E-state index contributed by atoms with van der Waals surface area (Å²) in [5.74, 6) is -1.51. The fourth-order valence-corrected chi connectivity index (χ4v) is 2.42. The van der Waals surface area contributed by atoms with Gasteiger partial charge in [-0.05, 0) is 30.3 Å². The zero-order chi connectivity index (χ0) is 14.8. The molecule has 5 nitrogen and oxygen atoms in total. The van der Waals surface area contributed by atoms with Crippen LogP contribution in [-0.4, -0.2) is 13.4 Å². The Morgan fingerprint density at radius 1 is 1.20 bits per heavy atom. The molecule has 0 saturated carbocycles. The van der Waals surface area contributed by atoms with E-state index in [-0.39, 0.29) is 16.3 Å². The van der Waals surface area contributed by atoms with Gasteiger partial charge in [-0.3, -0.25) is 4.72 Å². The lowest BCUT2D eigenvalue weighted by Gasteiger charge is -2.07. The van der Waals surface area contributed by atoms with Crippen molar-refractivity contribution in [2.45, 2.75) is 4.90 Å². The first-order chi connectivity index (χ1) is 9.42. The number of sulfonamides is 1. The Kier molecular flexibility index (Phi) is 3.63. The van der Waals surface area contributed by atoms with E-state index in [4.69, 9.17) is 5.26 Å². The molecule has 102 valence electrons. The highest BCUT2D eigenvalue weighted by molar-refractivity contribution is 7.92. The van der Waals surface area contributed by atoms with Crippen LogP contribution in [0.15, 0.2) is 41.4 Å². The maximum atomic E-state index is 13.1. The van der Waals surface area contributed by atoms with Gasteiger partial charge in [0, 0.05) is 0 Å². The predicted octanol–water partition coefficient (Wildman–Crippen LogP) is 2.03. The van der Waals surface area contributed by atoms with Crippen LogP contribution >= 0.6 is 0 Å². The molecule has 1 aromatic carbocycles. The van der Waals surface area contributed by atoms with Crippen LogP contribution in [0.25, 0.3) is 0 Å². The summed E-state index contributed by atoms with van der Waals surface area (Å²) in [6, 6.07) is 6.53. The fraction of sp³-hybridized carbons (Fsp3) is 0. The molecule has 1 aromatic heterocycles. The zero-order valence-corrected chi connectivity index (χ0v) is 10.7. The summed E-state index contributed by atoms with van der Waals surface area (Å²) in [6.07, 6.45) is 0.850. The number of nitrogens with zero attached hydrogens (tertiary/aromatic N) is 2. The largest absolute Gasteiger partial charge is 0.263 e. The lowest BCUT2D eigenvalue weighted by molar-refractivity contribution is 0.598. The molecule has 0 bridgehead atoms. The summed E-state index contributed by atoms with van der Waals surface area (Å²) in [7, 11) is -4.03. The van der Waals surface area contributed by atoms with Crippen LogP contribution in [-0.2, 0) is 10.0 Å². The Balaban J connectivity index is 2.36. The van der Waals surface area contributed by atoms with Crippen molar-refractivity contribution in [2.24, 2.45) is 0 Å². The van der Waals surface area contributed by atoms with Crippen molar-refractivity contribution in [1.29, 1.82) is 5.26 Å². The molecule has 2 aromatic rings. The number of halogens is 2. The molecule has 0 atom stereocenters. The third-order valence-electron chi connectivity index (χ3n) is 2.33. The number of anilines is 1. The molecule has 8 heteroatoms. The Hall–Kier alpha value is -2.53. The van der Waals surface area contributed by atoms with E-state index in [9.17, 15) is 17.2 Å². The van der Waals surface area contributed by atoms with Gasteiger partial charge >= 0.3 is 0 Å². The van der Waals surface area contributed by atoms with Gasteiger partial charge < -0.3 is 0 Å². The Morgan fingerprint density at radius 2 is 1.95 bits per heavy atom. The minimum absolute atomic E-state index is 0.0887. The number of nitriles is 1. The van der Waals surface area contributed by atoms with Crippen LogP contribution in [0.4, 0.5) is 14.6 Å². The first-order valence-electron chi connectivity index (χ1n) is 5.26. The molecular weight excluding hydrogens is 288 g/mol. The molecule has 0 aliphatic carbocycles. The van der Waals surface area contributed by atoms with Gasteiger partial charge in [-0.2, -0.15) is 5.26 Å². The minimum Gasteiger partial charge on any atom is -0.263 e. The molecule has 0 aliphatic heterocycles. The second-order valence-corrected chi connectivity index (χ2v) is 5.40. The van der Waals surface area contributed by atoms with Crippen molar-refractivity contribution in [3.8, 4) is 6.07 Å². The van der Waals surface area contributed by atoms with E-state index in [0.717, 1.165) is 36.5 Å². The normalized spacial score (nSPS) is 10.8. The maximum Gasteiger partial charge on any atom is 0.263 e. The fourth-order valence-electron chi connectivity index (χ4n) is 1.39. The quantitative estimate of drug-likeness (QED) is 0.939. The van der Waals surface area contributed by atoms with Crippen molar-refractivity contribution in [3.63, 3.8) is 0 Å². The smallest absolute Gasteiger partial charge is 0.263 e. The summed E-state index contributed by atoms with van der Waals surface area (Å²) >= 11 is 0. The van der Waals surface area contributed by atoms with Crippen LogP contribution < -0.4 is 4.72 Å². The van der Waals surface area contributed by atoms with E-state index in [2.05, 4.69) is 9.71 Å². The summed E-state index contributed by atoms with van der Waals surface area (Å²) in [4.78, 5) is 3.25. The van der Waals surface area contributed by atoms with Crippen LogP contribution in [0, 0.1) is 23.0 Å². The predicted molar refractivity (Wildman–Crippen MR) is 66.1 cm³/mol. The summed E-state index contributed by atoms with van der Waals surface area (Å²) < 4.78 is 51.9. The van der Waals surface area contributed by atoms with Crippen molar-refractivity contribution in [2.75, 3.05) is 4.72 Å². The van der Waals surface area contributed by atoms with Crippen molar-refractivity contribution >= 4 is 15.8 Å². The molecular formula is C12H7F2N3O2S. The molecule has 2 rings (SSSR count). The van der Waals surface area contributed by atoms with Crippen LogP contribution in [0.5, 0.6) is 0 Å². The van der Waals surface area contributed by atoms with Gasteiger partial charge in [0.25, 0.3) is 10.0 Å². The Labute approximate surface area is 113 Å². The van der Waals surface area contributed by atoms with Gasteiger partial charge in [-0.15, -0.1) is 0 Å². The van der Waals surface area contributed by atoms with E-state index in [1.165, 1.54) is 0 Å². The van der Waals surface area contributed by atoms with E-state index in [1.54, 1.807) is 6.07 Å². The highest BCUT2D eigenvalue weighted by Gasteiger charge is 2.17. The molecule has 0 amide bonds. The standard InChI is InChI=1S/C12H7F2N3O2S/c13-9-1-4-12(16-7-9)17-20(18,19)10-2-3-11(14)8(5-10)6-15/h1-5,7H,(H,16,17). The lowest BCUT2D eigenvalue weighted by atomic mass is 10.2. The van der Waals surface area contributed by atoms with Gasteiger partial charge in [0.1, 0.15) is 23.5 Å². The van der Waals surface area contributed by atoms with E-state index < -0.39 is 21.7 Å². The van der Waals surface area contributed by atoms with Crippen molar-refractivity contribution in [1.82, 2.24) is 4.98 Å². The number of pyridine rings is 1. The van der Waals surface area contributed by atoms with E-state index in [0.29, 0.717) is 0 Å². The van der Waals surface area contributed by atoms with Crippen molar-refractivity contribution in [3.05, 3.63) is 53.7 Å². The highest BCUT2D eigenvalue weighted by atomic mass is 32.2. The molecule has 0 saturated heterocycles. The van der Waals surface area contributed by atoms with Gasteiger partial charge in [0.05, 0.1) is 16.7 Å². The summed E-state index contributed by atoms with van der Waals surface area (Å²) in [5, 5.41) is 8.67. The topological polar surface area (TPSA) is 82.8 Å². The van der Waals surface area contributed by atoms with Gasteiger partial charge in [0.2, 0.25) is 0 Å². The third-order valence-corrected chi connectivity index (χ3v) is 3.69. The first-order valence-corrected chi connectivity index (χ1v) is 6.75. The second kappa shape index (κ2) is 5.22. The molecule has 0 spiro atoms. The average molecular weight is 295 g/mol. The zero-order valence-electron chi connectivity index (χ0n) is 9.84. The van der Waals surface area contributed by atoms with Crippen LogP contribution in [0.1, 0.15) is 5.56 Å². The summed E-state index contributed by atoms with van der Waals surface area (Å²) in [5.41, 5.74) is -0.389. The molecule has 0 fully saturated rings. The molecule has 1 heterocycles. The number of hydrogen-bond donors (Lipinski definition) is 1. The number of benzene rings is 1. The Morgan fingerprint density at radius 3 is 2.55 bits per heavy atom. The molecule has 0 unspecified atom stereocenters. The molecule has 0 aliphatic rings. The first kappa shape index (κ1) is 13.9. The minimum atomic E-state index is -4.03. The van der Waals surface area contributed by atoms with Crippen LogP contribution in [0.2, 0.25) is 0 Å². The molecule has 0 radical (unpaired) electrons. The van der Waals surface area contributed by atoms with Gasteiger partial charge in [0.15, 0.2) is 0 Å². The lowest BCUT2D eigenvalue weighted by Crippen LogP contribution is -2.14. The number of nitrogens with one attached hydrogen (secondary N) is 1. The number of hydrogen-bond acceptors (Lipinski definition) is 4. The molecule has 20 heavy (non-hydrogen) atoms. The maximum absolute atomic E-state index is 13.1. The van der Waals surface area contributed by atoms with E-state index in [1.807, 2.05) is 0 Å². The number of aromatic nitrogens is 1. The SMILES string of the molecule is N#Cc1cc(S(=O)(=O)Nc2ccc(F)cn2)ccc1F. The number of rotatable bonds is 3. The average Bonchev–Trinajstić information content (AvgIpc) is 2.41. The highest BCUT2D eigenvalue weighted by Crippen LogP contribution is 2.17. The summed E-state index contributed by atoms with van der Waals surface area (Å²) in [6.45, 7) is 0. The van der Waals surface area contributed by atoms with Crippen LogP contribution in [0.3, 0.4) is 0 Å². The molecule has 1 N–H and O–H groups in total. The second-order valence-electron chi connectivity index (χ2n) is 3.72.